The van der Waals surface area contributed by atoms with E-state index in [4.69, 9.17) is 9.84 Å². The quantitative estimate of drug-likeness (QED) is 0.353. The summed E-state index contributed by atoms with van der Waals surface area (Å²) in [6.45, 7) is 3.54. The number of carboxylic acids is 3. The summed E-state index contributed by atoms with van der Waals surface area (Å²) >= 11 is 1.21. The van der Waals surface area contributed by atoms with Gasteiger partial charge in [0.2, 0.25) is 5.91 Å². The van der Waals surface area contributed by atoms with E-state index >= 15 is 0 Å². The molecular formula is C23H25N3O9S. The number of cyclic esters (lactones) is 1. The Bertz CT molecular complexity index is 1170. The molecule has 4 rings (SSSR count). The minimum absolute atomic E-state index is 0.0351. The number of anilines is 1. The van der Waals surface area contributed by atoms with Crippen LogP contribution in [0, 0.1) is 11.8 Å². The number of carboxylic acid groups (broad SMARTS) is 3. The number of benzene rings is 1. The first kappa shape index (κ1) is 25.5. The molecule has 5 N–H and O–H groups in total. The number of aliphatic carboxylic acids is 2. The highest BCUT2D eigenvalue weighted by molar-refractivity contribution is 8.03. The van der Waals surface area contributed by atoms with Crippen LogP contribution in [0.25, 0.3) is 0 Å². The number of rotatable bonds is 7. The number of nitrogens with one attached hydrogen (secondary N) is 2. The number of aromatic carboxylic acids is 1. The maximum atomic E-state index is 12.7. The van der Waals surface area contributed by atoms with Crippen LogP contribution in [0.5, 0.6) is 0 Å². The van der Waals surface area contributed by atoms with Crippen molar-refractivity contribution in [3.63, 3.8) is 0 Å². The molecule has 2 saturated heterocycles. The Morgan fingerprint density at radius 3 is 2.50 bits per heavy atom. The molecule has 0 aromatic heterocycles. The molecule has 13 heteroatoms. The van der Waals surface area contributed by atoms with Crippen LogP contribution in [0.2, 0.25) is 0 Å². The molecule has 3 aliphatic heterocycles. The van der Waals surface area contributed by atoms with Gasteiger partial charge in [-0.2, -0.15) is 0 Å². The molecule has 3 aliphatic rings. The number of ether oxygens (including phenoxy) is 1. The van der Waals surface area contributed by atoms with Crippen LogP contribution in [0.15, 0.2) is 34.9 Å². The van der Waals surface area contributed by atoms with Crippen molar-refractivity contribution < 1.29 is 44.0 Å². The van der Waals surface area contributed by atoms with Gasteiger partial charge < -0.3 is 30.7 Å². The fourth-order valence-electron chi connectivity index (χ4n) is 4.96. The molecule has 6 atom stereocenters. The van der Waals surface area contributed by atoms with Crippen LogP contribution < -0.4 is 10.6 Å². The number of hydrogen-bond acceptors (Lipinski definition) is 8. The fourth-order valence-corrected chi connectivity index (χ4v) is 6.44. The highest BCUT2D eigenvalue weighted by atomic mass is 32.2. The molecule has 12 nitrogen and oxygen atoms in total. The van der Waals surface area contributed by atoms with Gasteiger partial charge in [-0.25, -0.2) is 14.4 Å². The summed E-state index contributed by atoms with van der Waals surface area (Å²) < 4.78 is 5.15. The average molecular weight is 520 g/mol. The lowest BCUT2D eigenvalue weighted by molar-refractivity contribution is -0.153. The van der Waals surface area contributed by atoms with Crippen LogP contribution in [-0.4, -0.2) is 80.1 Å². The van der Waals surface area contributed by atoms with Gasteiger partial charge in [-0.1, -0.05) is 13.0 Å². The van der Waals surface area contributed by atoms with E-state index in [9.17, 15) is 34.2 Å². The lowest BCUT2D eigenvalue weighted by atomic mass is 9.86. The van der Waals surface area contributed by atoms with Gasteiger partial charge in [0.25, 0.3) is 0 Å². The van der Waals surface area contributed by atoms with Gasteiger partial charge in [0.05, 0.1) is 17.6 Å². The second-order valence-corrected chi connectivity index (χ2v) is 10.3. The molecule has 192 valence electrons. The second-order valence-electron chi connectivity index (χ2n) is 8.93. The van der Waals surface area contributed by atoms with Crippen LogP contribution >= 0.6 is 11.8 Å². The van der Waals surface area contributed by atoms with Crippen LogP contribution in [0.4, 0.5) is 10.5 Å². The van der Waals surface area contributed by atoms with E-state index in [1.807, 2.05) is 0 Å². The minimum Gasteiger partial charge on any atom is -0.481 e. The summed E-state index contributed by atoms with van der Waals surface area (Å²) in [5.74, 6) is -5.70. The number of nitrogens with zero attached hydrogens (tertiary/aromatic N) is 1. The van der Waals surface area contributed by atoms with E-state index in [1.165, 1.54) is 36.9 Å². The van der Waals surface area contributed by atoms with Gasteiger partial charge >= 0.3 is 24.0 Å². The Balaban J connectivity index is 1.49. The molecule has 36 heavy (non-hydrogen) atoms. The number of carbonyl (C=O) groups excluding carboxylic acids is 2. The molecule has 0 bridgehead atoms. The summed E-state index contributed by atoms with van der Waals surface area (Å²) in [4.78, 5) is 61.9. The molecule has 0 spiro atoms. The molecule has 1 aromatic carbocycles. The largest absolute Gasteiger partial charge is 0.481 e. The Labute approximate surface area is 209 Å². The summed E-state index contributed by atoms with van der Waals surface area (Å²) in [6.07, 6.45) is -1.47. The van der Waals surface area contributed by atoms with Crippen molar-refractivity contribution in [3.05, 3.63) is 40.4 Å². The van der Waals surface area contributed by atoms with Crippen molar-refractivity contribution in [2.75, 3.05) is 11.9 Å². The maximum absolute atomic E-state index is 12.7. The fraction of sp³-hybridized carbons (Fsp3) is 0.435. The minimum atomic E-state index is -1.36. The predicted octanol–water partition coefficient (Wildman–Crippen LogP) is 1.64. The van der Waals surface area contributed by atoms with Gasteiger partial charge in [0.15, 0.2) is 0 Å². The van der Waals surface area contributed by atoms with Gasteiger partial charge in [0.1, 0.15) is 17.7 Å². The molecular weight excluding hydrogens is 494 g/mol. The second kappa shape index (κ2) is 9.82. The zero-order valence-corrected chi connectivity index (χ0v) is 20.2. The van der Waals surface area contributed by atoms with E-state index in [0.717, 1.165) is 4.90 Å². The summed E-state index contributed by atoms with van der Waals surface area (Å²) in [7, 11) is 0. The smallest absolute Gasteiger partial charge is 0.415 e. The van der Waals surface area contributed by atoms with Crippen molar-refractivity contribution in [1.29, 1.82) is 0 Å². The van der Waals surface area contributed by atoms with Crippen LogP contribution in [-0.2, 0) is 19.1 Å². The zero-order chi connectivity index (χ0) is 26.3. The van der Waals surface area contributed by atoms with Gasteiger partial charge in [0, 0.05) is 28.3 Å². The first-order valence-corrected chi connectivity index (χ1v) is 12.1. The highest BCUT2D eigenvalue weighted by Crippen LogP contribution is 2.48. The van der Waals surface area contributed by atoms with Crippen molar-refractivity contribution in [3.8, 4) is 0 Å². The number of thioether (sulfide) groups is 1. The molecule has 2 fully saturated rings. The van der Waals surface area contributed by atoms with Crippen molar-refractivity contribution >= 4 is 47.4 Å². The summed E-state index contributed by atoms with van der Waals surface area (Å²) in [5.41, 5.74) is 0.0781. The lowest BCUT2D eigenvalue weighted by Crippen LogP contribution is -2.56. The Hall–Kier alpha value is -3.58. The molecule has 3 heterocycles. The molecule has 2 amide bonds. The Morgan fingerprint density at radius 1 is 1.14 bits per heavy atom. The molecule has 2 unspecified atom stereocenters. The van der Waals surface area contributed by atoms with E-state index in [0.29, 0.717) is 23.6 Å². The van der Waals surface area contributed by atoms with E-state index in [2.05, 4.69) is 10.6 Å². The SMILES string of the molecule is CC1OC(=O)N2C(C(=O)O)=C(S[C@H]3CN[C@H](C(=O)Nc4cccc(C(=O)O)c4)C3)[C@H](C)[C@@H]2C1C(=O)O. The van der Waals surface area contributed by atoms with Gasteiger partial charge in [-0.15, -0.1) is 11.8 Å². The highest BCUT2D eigenvalue weighted by Gasteiger charge is 2.56. The zero-order valence-electron chi connectivity index (χ0n) is 19.3. The van der Waals surface area contributed by atoms with E-state index < -0.39 is 54.0 Å². The lowest BCUT2D eigenvalue weighted by Gasteiger charge is -2.39. The van der Waals surface area contributed by atoms with Crippen LogP contribution in [0.3, 0.4) is 0 Å². The topological polar surface area (TPSA) is 183 Å². The summed E-state index contributed by atoms with van der Waals surface area (Å²) in [5, 5.41) is 34.3. The van der Waals surface area contributed by atoms with E-state index in [1.54, 1.807) is 13.0 Å². The molecule has 0 aliphatic carbocycles. The van der Waals surface area contributed by atoms with Crippen molar-refractivity contribution in [2.45, 2.75) is 43.7 Å². The van der Waals surface area contributed by atoms with Gasteiger partial charge in [-0.3, -0.25) is 14.5 Å². The van der Waals surface area contributed by atoms with Crippen molar-refractivity contribution in [1.82, 2.24) is 10.2 Å². The summed E-state index contributed by atoms with van der Waals surface area (Å²) in [6, 6.07) is 4.34. The number of hydrogen-bond donors (Lipinski definition) is 5. The third kappa shape index (κ3) is 4.63. The monoisotopic (exact) mass is 519 g/mol. The standard InChI is InChI=1S/C23H25N3O9S/c1-9-16-15(21(30)31)10(2)35-23(34)26(16)17(22(32)33)18(9)36-13-7-14(24-8-13)19(27)25-12-5-3-4-11(6-12)20(28)29/h3-6,9-10,13-16,24H,7-8H2,1-2H3,(H,25,27)(H,28,29)(H,30,31)(H,32,33)/t9-,10?,13-,14+,15?,16-/m1/s1. The van der Waals surface area contributed by atoms with Crippen LogP contribution in [0.1, 0.15) is 30.6 Å². The van der Waals surface area contributed by atoms with Gasteiger partial charge in [-0.05, 0) is 31.5 Å². The first-order valence-electron chi connectivity index (χ1n) is 11.2. The number of carbonyl (C=O) groups is 5. The third-order valence-corrected chi connectivity index (χ3v) is 8.13. The normalized spacial score (nSPS) is 29.5. The third-order valence-electron chi connectivity index (χ3n) is 6.62. The molecule has 0 radical (unpaired) electrons. The predicted molar refractivity (Wildman–Crippen MR) is 126 cm³/mol. The number of amides is 2. The molecule has 0 saturated carbocycles. The van der Waals surface area contributed by atoms with Crippen molar-refractivity contribution in [2.24, 2.45) is 11.8 Å². The Morgan fingerprint density at radius 2 is 1.86 bits per heavy atom. The first-order chi connectivity index (χ1) is 17.0. The maximum Gasteiger partial charge on any atom is 0.415 e. The van der Waals surface area contributed by atoms with E-state index in [-0.39, 0.29) is 22.4 Å². The Kier molecular flexibility index (Phi) is 6.96. The molecule has 1 aromatic rings. The number of fused-ring (bicyclic) bond motifs is 1. The average Bonchev–Trinajstić information content (AvgIpc) is 3.38.